The van der Waals surface area contributed by atoms with Crippen LogP contribution in [0, 0.1) is 5.41 Å². The van der Waals surface area contributed by atoms with Crippen LogP contribution in [0.1, 0.15) is 26.2 Å². The standard InChI is InChI=1S/C14H30N2O2/c1-4-7-16(9-8-15(2)3)11-14(12-17)6-5-10-18-13-14/h17H,4-13H2,1-3H3. The zero-order chi connectivity index (χ0) is 13.4. The average molecular weight is 258 g/mol. The lowest BCUT2D eigenvalue weighted by Gasteiger charge is -2.39. The van der Waals surface area contributed by atoms with Crippen LogP contribution in [0.15, 0.2) is 0 Å². The van der Waals surface area contributed by atoms with Gasteiger partial charge >= 0.3 is 0 Å². The molecule has 0 aromatic rings. The molecule has 4 nitrogen and oxygen atoms in total. The van der Waals surface area contributed by atoms with E-state index >= 15 is 0 Å². The molecule has 1 saturated heterocycles. The average Bonchev–Trinajstić information content (AvgIpc) is 2.37. The van der Waals surface area contributed by atoms with Crippen molar-refractivity contribution in [1.82, 2.24) is 9.80 Å². The van der Waals surface area contributed by atoms with Crippen molar-refractivity contribution < 1.29 is 9.84 Å². The van der Waals surface area contributed by atoms with Gasteiger partial charge in [-0.05, 0) is 39.9 Å². The van der Waals surface area contributed by atoms with Gasteiger partial charge < -0.3 is 19.6 Å². The second-order valence-corrected chi connectivity index (χ2v) is 5.89. The largest absolute Gasteiger partial charge is 0.396 e. The van der Waals surface area contributed by atoms with E-state index in [9.17, 15) is 5.11 Å². The number of ether oxygens (including phenoxy) is 1. The summed E-state index contributed by atoms with van der Waals surface area (Å²) in [6.07, 6.45) is 3.33. The van der Waals surface area contributed by atoms with E-state index < -0.39 is 0 Å². The van der Waals surface area contributed by atoms with Gasteiger partial charge in [0.1, 0.15) is 0 Å². The van der Waals surface area contributed by atoms with Crippen molar-refractivity contribution in [3.63, 3.8) is 0 Å². The lowest BCUT2D eigenvalue weighted by atomic mass is 9.82. The van der Waals surface area contributed by atoms with E-state index in [-0.39, 0.29) is 12.0 Å². The second kappa shape index (κ2) is 8.10. The fourth-order valence-electron chi connectivity index (χ4n) is 2.61. The third-order valence-electron chi connectivity index (χ3n) is 3.70. The number of hydrogen-bond acceptors (Lipinski definition) is 4. The molecule has 0 amide bonds. The Labute approximate surface area is 112 Å². The third-order valence-corrected chi connectivity index (χ3v) is 3.70. The summed E-state index contributed by atoms with van der Waals surface area (Å²) in [6.45, 7) is 8.24. The molecule has 18 heavy (non-hydrogen) atoms. The molecule has 1 N–H and O–H groups in total. The van der Waals surface area contributed by atoms with Crippen LogP contribution in [-0.4, -0.2) is 75.0 Å². The number of rotatable bonds is 8. The van der Waals surface area contributed by atoms with Gasteiger partial charge in [-0.15, -0.1) is 0 Å². The maximum Gasteiger partial charge on any atom is 0.0556 e. The number of aliphatic hydroxyl groups is 1. The van der Waals surface area contributed by atoms with Gasteiger partial charge in [-0.2, -0.15) is 0 Å². The summed E-state index contributed by atoms with van der Waals surface area (Å²) >= 11 is 0. The molecule has 0 radical (unpaired) electrons. The molecular weight excluding hydrogens is 228 g/mol. The van der Waals surface area contributed by atoms with Gasteiger partial charge in [0.2, 0.25) is 0 Å². The number of nitrogens with zero attached hydrogens (tertiary/aromatic N) is 2. The fourth-order valence-corrected chi connectivity index (χ4v) is 2.61. The fraction of sp³-hybridized carbons (Fsp3) is 1.00. The monoisotopic (exact) mass is 258 g/mol. The number of hydrogen-bond donors (Lipinski definition) is 1. The lowest BCUT2D eigenvalue weighted by Crippen LogP contribution is -2.47. The van der Waals surface area contributed by atoms with E-state index in [2.05, 4.69) is 30.8 Å². The summed E-state index contributed by atoms with van der Waals surface area (Å²) in [7, 11) is 4.21. The molecule has 1 aliphatic heterocycles. The maximum absolute atomic E-state index is 9.72. The van der Waals surface area contributed by atoms with E-state index in [0.717, 1.165) is 52.0 Å². The summed E-state index contributed by atoms with van der Waals surface area (Å²) < 4.78 is 5.58. The molecule has 108 valence electrons. The van der Waals surface area contributed by atoms with Gasteiger partial charge in [0.15, 0.2) is 0 Å². The molecule has 0 saturated carbocycles. The Kier molecular flexibility index (Phi) is 7.15. The van der Waals surface area contributed by atoms with E-state index in [1.54, 1.807) is 0 Å². The summed E-state index contributed by atoms with van der Waals surface area (Å²) in [5.41, 5.74) is -0.0280. The molecule has 1 heterocycles. The van der Waals surface area contributed by atoms with Crippen molar-refractivity contribution in [3.05, 3.63) is 0 Å². The molecule has 0 spiro atoms. The minimum atomic E-state index is -0.0280. The molecule has 4 heteroatoms. The number of aliphatic hydroxyl groups excluding tert-OH is 1. The topological polar surface area (TPSA) is 35.9 Å². The molecule has 1 unspecified atom stereocenters. The van der Waals surface area contributed by atoms with Crippen molar-refractivity contribution >= 4 is 0 Å². The predicted molar refractivity (Wildman–Crippen MR) is 74.9 cm³/mol. The van der Waals surface area contributed by atoms with Crippen LogP contribution < -0.4 is 0 Å². The normalized spacial score (nSPS) is 25.0. The van der Waals surface area contributed by atoms with E-state index in [4.69, 9.17) is 4.74 Å². The zero-order valence-corrected chi connectivity index (χ0v) is 12.3. The van der Waals surface area contributed by atoms with Crippen molar-refractivity contribution in [3.8, 4) is 0 Å². The summed E-state index contributed by atoms with van der Waals surface area (Å²) in [6, 6.07) is 0. The van der Waals surface area contributed by atoms with Crippen molar-refractivity contribution in [1.29, 1.82) is 0 Å². The van der Waals surface area contributed by atoms with Gasteiger partial charge in [0, 0.05) is 31.7 Å². The highest BCUT2D eigenvalue weighted by molar-refractivity contribution is 4.84. The Hall–Kier alpha value is -0.160. The third kappa shape index (κ3) is 5.22. The highest BCUT2D eigenvalue weighted by Crippen LogP contribution is 2.29. The maximum atomic E-state index is 9.72. The van der Waals surface area contributed by atoms with Crippen molar-refractivity contribution in [2.24, 2.45) is 5.41 Å². The molecule has 0 aliphatic carbocycles. The first kappa shape index (κ1) is 15.9. The van der Waals surface area contributed by atoms with Crippen LogP contribution in [0.4, 0.5) is 0 Å². The predicted octanol–water partition coefficient (Wildman–Crippen LogP) is 1.05. The minimum absolute atomic E-state index is 0.0280. The first-order valence-corrected chi connectivity index (χ1v) is 7.17. The summed E-state index contributed by atoms with van der Waals surface area (Å²) in [5.74, 6) is 0. The Bertz CT molecular complexity index is 216. The van der Waals surface area contributed by atoms with Crippen LogP contribution in [-0.2, 0) is 4.74 Å². The first-order chi connectivity index (χ1) is 8.62. The SMILES string of the molecule is CCCN(CCN(C)C)CC1(CO)CCCOC1. The molecule has 1 atom stereocenters. The molecule has 1 rings (SSSR count). The van der Waals surface area contributed by atoms with Gasteiger partial charge in [-0.3, -0.25) is 0 Å². The summed E-state index contributed by atoms with van der Waals surface area (Å²) in [4.78, 5) is 4.69. The molecule has 0 aromatic carbocycles. The van der Waals surface area contributed by atoms with Crippen LogP contribution in [0.2, 0.25) is 0 Å². The van der Waals surface area contributed by atoms with Crippen LogP contribution in [0.25, 0.3) is 0 Å². The van der Waals surface area contributed by atoms with Crippen molar-refractivity contribution in [2.45, 2.75) is 26.2 Å². The Morgan fingerprint density at radius 3 is 2.50 bits per heavy atom. The van der Waals surface area contributed by atoms with Gasteiger partial charge in [-0.25, -0.2) is 0 Å². The van der Waals surface area contributed by atoms with E-state index in [1.165, 1.54) is 0 Å². The van der Waals surface area contributed by atoms with Crippen LogP contribution in [0.3, 0.4) is 0 Å². The molecule has 1 fully saturated rings. The summed E-state index contributed by atoms with van der Waals surface area (Å²) in [5, 5.41) is 9.72. The molecule has 1 aliphatic rings. The number of likely N-dealkylation sites (N-methyl/N-ethyl adjacent to an activating group) is 1. The Morgan fingerprint density at radius 1 is 1.22 bits per heavy atom. The van der Waals surface area contributed by atoms with Crippen LogP contribution in [0.5, 0.6) is 0 Å². The van der Waals surface area contributed by atoms with E-state index in [1.807, 2.05) is 0 Å². The van der Waals surface area contributed by atoms with E-state index in [0.29, 0.717) is 6.61 Å². The minimum Gasteiger partial charge on any atom is -0.396 e. The second-order valence-electron chi connectivity index (χ2n) is 5.89. The Morgan fingerprint density at radius 2 is 2.00 bits per heavy atom. The van der Waals surface area contributed by atoms with Gasteiger partial charge in [-0.1, -0.05) is 6.92 Å². The molecule has 0 bridgehead atoms. The molecule has 0 aromatic heterocycles. The first-order valence-electron chi connectivity index (χ1n) is 7.17. The lowest BCUT2D eigenvalue weighted by molar-refractivity contribution is -0.0557. The highest BCUT2D eigenvalue weighted by atomic mass is 16.5. The van der Waals surface area contributed by atoms with Gasteiger partial charge in [0.25, 0.3) is 0 Å². The van der Waals surface area contributed by atoms with Crippen LogP contribution >= 0.6 is 0 Å². The zero-order valence-electron chi connectivity index (χ0n) is 12.3. The Balaban J connectivity index is 2.50. The smallest absolute Gasteiger partial charge is 0.0556 e. The quantitative estimate of drug-likeness (QED) is 0.706. The molecular formula is C14H30N2O2. The highest BCUT2D eigenvalue weighted by Gasteiger charge is 2.34. The van der Waals surface area contributed by atoms with Crippen molar-refractivity contribution in [2.75, 3.05) is 60.1 Å². The van der Waals surface area contributed by atoms with Gasteiger partial charge in [0.05, 0.1) is 13.2 Å².